The number of anilines is 1. The number of fused-ring (bicyclic) bond motifs is 2. The van der Waals surface area contributed by atoms with E-state index in [-0.39, 0.29) is 0 Å². The van der Waals surface area contributed by atoms with E-state index < -0.39 is 0 Å². The summed E-state index contributed by atoms with van der Waals surface area (Å²) in [6.07, 6.45) is 7.46. The van der Waals surface area contributed by atoms with Crippen LogP contribution in [0.3, 0.4) is 0 Å². The van der Waals surface area contributed by atoms with Gasteiger partial charge in [-0.1, -0.05) is 6.42 Å². The molecule has 0 saturated heterocycles. The highest BCUT2D eigenvalue weighted by atomic mass is 15.1. The van der Waals surface area contributed by atoms with E-state index in [1.165, 1.54) is 25.7 Å². The lowest BCUT2D eigenvalue weighted by Gasteiger charge is -2.23. The molecule has 1 aromatic heterocycles. The molecular formula is C12H17N3. The standard InChI is InChI=1S/C12H17N3/c1-8-13-5-4-12(14-8)15-11-7-9-2-3-10(11)6-9/h4-5,9-11H,2-3,6-7H2,1H3,(H,13,14,15). The van der Waals surface area contributed by atoms with Gasteiger partial charge in [-0.25, -0.2) is 9.97 Å². The number of hydrogen-bond donors (Lipinski definition) is 1. The van der Waals surface area contributed by atoms with Crippen molar-refractivity contribution in [3.8, 4) is 0 Å². The molecule has 80 valence electrons. The summed E-state index contributed by atoms with van der Waals surface area (Å²) in [4.78, 5) is 8.51. The Morgan fingerprint density at radius 2 is 2.27 bits per heavy atom. The Labute approximate surface area is 90.3 Å². The molecule has 2 aliphatic carbocycles. The summed E-state index contributed by atoms with van der Waals surface area (Å²) in [6.45, 7) is 1.94. The molecule has 2 bridgehead atoms. The van der Waals surface area contributed by atoms with E-state index in [4.69, 9.17) is 0 Å². The second-order valence-corrected chi connectivity index (χ2v) is 4.91. The lowest BCUT2D eigenvalue weighted by atomic mass is 9.95. The van der Waals surface area contributed by atoms with Gasteiger partial charge in [-0.05, 0) is 44.1 Å². The molecule has 2 aliphatic rings. The zero-order chi connectivity index (χ0) is 10.3. The summed E-state index contributed by atoms with van der Waals surface area (Å²) in [7, 11) is 0. The highest BCUT2D eigenvalue weighted by molar-refractivity contribution is 5.35. The molecule has 0 spiro atoms. The quantitative estimate of drug-likeness (QED) is 0.802. The summed E-state index contributed by atoms with van der Waals surface area (Å²) in [5.41, 5.74) is 0. The number of aromatic nitrogens is 2. The second kappa shape index (κ2) is 3.47. The van der Waals surface area contributed by atoms with Crippen molar-refractivity contribution in [3.63, 3.8) is 0 Å². The molecule has 3 nitrogen and oxygen atoms in total. The summed E-state index contributed by atoms with van der Waals surface area (Å²) >= 11 is 0. The van der Waals surface area contributed by atoms with Gasteiger partial charge in [-0.2, -0.15) is 0 Å². The fourth-order valence-electron chi connectivity index (χ4n) is 3.15. The Kier molecular flexibility index (Phi) is 2.11. The highest BCUT2D eigenvalue weighted by Crippen LogP contribution is 2.45. The molecule has 15 heavy (non-hydrogen) atoms. The Bertz CT molecular complexity index is 364. The summed E-state index contributed by atoms with van der Waals surface area (Å²) in [6, 6.07) is 2.64. The number of hydrogen-bond acceptors (Lipinski definition) is 3. The van der Waals surface area contributed by atoms with Crippen LogP contribution in [0.2, 0.25) is 0 Å². The van der Waals surface area contributed by atoms with Crippen LogP contribution in [0, 0.1) is 18.8 Å². The van der Waals surface area contributed by atoms with E-state index in [2.05, 4.69) is 15.3 Å². The normalized spacial score (nSPS) is 33.3. The molecule has 3 atom stereocenters. The van der Waals surface area contributed by atoms with E-state index in [1.807, 2.05) is 19.2 Å². The van der Waals surface area contributed by atoms with Crippen molar-refractivity contribution in [1.82, 2.24) is 9.97 Å². The van der Waals surface area contributed by atoms with Crippen molar-refractivity contribution < 1.29 is 0 Å². The van der Waals surface area contributed by atoms with E-state index in [0.29, 0.717) is 6.04 Å². The van der Waals surface area contributed by atoms with Gasteiger partial charge < -0.3 is 5.32 Å². The first-order valence-corrected chi connectivity index (χ1v) is 5.87. The average molecular weight is 203 g/mol. The van der Waals surface area contributed by atoms with Crippen LogP contribution in [-0.2, 0) is 0 Å². The van der Waals surface area contributed by atoms with Gasteiger partial charge in [-0.3, -0.25) is 0 Å². The van der Waals surface area contributed by atoms with Crippen LogP contribution in [0.5, 0.6) is 0 Å². The molecule has 1 N–H and O–H groups in total. The molecule has 1 heterocycles. The molecule has 0 amide bonds. The molecule has 3 rings (SSSR count). The molecule has 0 aromatic carbocycles. The number of nitrogens with one attached hydrogen (secondary N) is 1. The van der Waals surface area contributed by atoms with Gasteiger partial charge in [0.15, 0.2) is 0 Å². The van der Waals surface area contributed by atoms with Gasteiger partial charge in [0.05, 0.1) is 0 Å². The molecule has 0 radical (unpaired) electrons. The molecule has 3 heteroatoms. The SMILES string of the molecule is Cc1nccc(NC2CC3CCC2C3)n1. The summed E-state index contributed by atoms with van der Waals surface area (Å²) < 4.78 is 0. The third-order valence-electron chi connectivity index (χ3n) is 3.85. The molecule has 1 aromatic rings. The van der Waals surface area contributed by atoms with E-state index in [0.717, 1.165) is 23.5 Å². The minimum atomic E-state index is 0.665. The Balaban J connectivity index is 1.71. The highest BCUT2D eigenvalue weighted by Gasteiger charge is 2.39. The van der Waals surface area contributed by atoms with Gasteiger partial charge in [0.1, 0.15) is 11.6 Å². The van der Waals surface area contributed by atoms with Crippen LogP contribution in [0.4, 0.5) is 5.82 Å². The Morgan fingerprint density at radius 1 is 1.33 bits per heavy atom. The first kappa shape index (κ1) is 9.13. The van der Waals surface area contributed by atoms with Crippen molar-refractivity contribution in [2.24, 2.45) is 11.8 Å². The van der Waals surface area contributed by atoms with E-state index >= 15 is 0 Å². The first-order chi connectivity index (χ1) is 7.31. The van der Waals surface area contributed by atoms with Gasteiger partial charge in [0, 0.05) is 12.2 Å². The van der Waals surface area contributed by atoms with Gasteiger partial charge in [0.2, 0.25) is 0 Å². The maximum absolute atomic E-state index is 4.40. The van der Waals surface area contributed by atoms with Gasteiger partial charge in [0.25, 0.3) is 0 Å². The lowest BCUT2D eigenvalue weighted by molar-refractivity contribution is 0.439. The first-order valence-electron chi connectivity index (χ1n) is 5.87. The number of nitrogens with zero attached hydrogens (tertiary/aromatic N) is 2. The number of aryl methyl sites for hydroxylation is 1. The molecule has 3 unspecified atom stereocenters. The maximum atomic E-state index is 4.40. The molecule has 0 aliphatic heterocycles. The monoisotopic (exact) mass is 203 g/mol. The summed E-state index contributed by atoms with van der Waals surface area (Å²) in [5.74, 6) is 3.73. The maximum Gasteiger partial charge on any atom is 0.129 e. The van der Waals surface area contributed by atoms with Gasteiger partial charge >= 0.3 is 0 Å². The zero-order valence-corrected chi connectivity index (χ0v) is 9.11. The molecular weight excluding hydrogens is 186 g/mol. The minimum absolute atomic E-state index is 0.665. The van der Waals surface area contributed by atoms with Crippen LogP contribution in [0.1, 0.15) is 31.5 Å². The van der Waals surface area contributed by atoms with E-state index in [9.17, 15) is 0 Å². The van der Waals surface area contributed by atoms with Crippen LogP contribution >= 0.6 is 0 Å². The third kappa shape index (κ3) is 1.71. The van der Waals surface area contributed by atoms with Crippen LogP contribution in [0.25, 0.3) is 0 Å². The Hall–Kier alpha value is -1.12. The van der Waals surface area contributed by atoms with Crippen molar-refractivity contribution in [2.75, 3.05) is 5.32 Å². The fraction of sp³-hybridized carbons (Fsp3) is 0.667. The van der Waals surface area contributed by atoms with Crippen molar-refractivity contribution >= 4 is 5.82 Å². The molecule has 2 fully saturated rings. The van der Waals surface area contributed by atoms with Crippen molar-refractivity contribution in [2.45, 2.75) is 38.6 Å². The Morgan fingerprint density at radius 3 is 2.93 bits per heavy atom. The summed E-state index contributed by atoms with van der Waals surface area (Å²) in [5, 5.41) is 3.56. The average Bonchev–Trinajstić information content (AvgIpc) is 2.79. The van der Waals surface area contributed by atoms with Crippen molar-refractivity contribution in [3.05, 3.63) is 18.1 Å². The zero-order valence-electron chi connectivity index (χ0n) is 9.11. The van der Waals surface area contributed by atoms with Crippen molar-refractivity contribution in [1.29, 1.82) is 0 Å². The van der Waals surface area contributed by atoms with Crippen LogP contribution in [-0.4, -0.2) is 16.0 Å². The lowest BCUT2D eigenvalue weighted by Crippen LogP contribution is -2.26. The van der Waals surface area contributed by atoms with Crippen LogP contribution < -0.4 is 5.32 Å². The molecule has 2 saturated carbocycles. The number of rotatable bonds is 2. The fourth-order valence-corrected chi connectivity index (χ4v) is 3.15. The third-order valence-corrected chi connectivity index (χ3v) is 3.85. The predicted molar refractivity (Wildman–Crippen MR) is 59.6 cm³/mol. The largest absolute Gasteiger partial charge is 0.367 e. The van der Waals surface area contributed by atoms with E-state index in [1.54, 1.807) is 0 Å². The topological polar surface area (TPSA) is 37.8 Å². The smallest absolute Gasteiger partial charge is 0.129 e. The van der Waals surface area contributed by atoms with Crippen LogP contribution in [0.15, 0.2) is 12.3 Å². The van der Waals surface area contributed by atoms with Gasteiger partial charge in [-0.15, -0.1) is 0 Å². The minimum Gasteiger partial charge on any atom is -0.367 e. The second-order valence-electron chi connectivity index (χ2n) is 4.91. The predicted octanol–water partition coefficient (Wildman–Crippen LogP) is 2.39.